The van der Waals surface area contributed by atoms with Gasteiger partial charge in [0.05, 0.1) is 11.9 Å². The second kappa shape index (κ2) is 4.47. The minimum atomic E-state index is -0.519. The number of nitrogens with zero attached hydrogens (tertiary/aromatic N) is 5. The van der Waals surface area contributed by atoms with Gasteiger partial charge in [-0.2, -0.15) is 5.10 Å². The number of hydrogen-bond donors (Lipinski definition) is 1. The number of aromatic nitrogens is 4. The van der Waals surface area contributed by atoms with E-state index in [0.29, 0.717) is 11.5 Å². The van der Waals surface area contributed by atoms with Crippen LogP contribution in [0.3, 0.4) is 0 Å². The zero-order valence-electron chi connectivity index (χ0n) is 10.4. The Kier molecular flexibility index (Phi) is 3.00. The Hall–Kier alpha value is -2.38. The van der Waals surface area contributed by atoms with Crippen molar-refractivity contribution >= 4 is 17.3 Å². The summed E-state index contributed by atoms with van der Waals surface area (Å²) in [5, 5.41) is 17.9. The van der Waals surface area contributed by atoms with Gasteiger partial charge in [0.2, 0.25) is 12.1 Å². The maximum Gasteiger partial charge on any atom is 0.406 e. The van der Waals surface area contributed by atoms with Gasteiger partial charge >= 0.3 is 5.82 Å². The Labute approximate surface area is 103 Å². The number of nitrogens with one attached hydrogen (secondary N) is 1. The van der Waals surface area contributed by atoms with Crippen LogP contribution in [0.1, 0.15) is 19.9 Å². The topological polar surface area (TPSA) is 90.8 Å². The molecular weight excluding hydrogens is 236 g/mol. The third-order valence-corrected chi connectivity index (χ3v) is 2.48. The lowest BCUT2D eigenvalue weighted by atomic mass is 10.4. The zero-order chi connectivity index (χ0) is 13.3. The summed E-state index contributed by atoms with van der Waals surface area (Å²) in [6.45, 7) is 4.01. The van der Waals surface area contributed by atoms with Crippen LogP contribution in [0.2, 0.25) is 0 Å². The molecule has 0 unspecified atom stereocenters. The fourth-order valence-electron chi connectivity index (χ4n) is 1.52. The van der Waals surface area contributed by atoms with Crippen LogP contribution in [0.15, 0.2) is 18.7 Å². The maximum absolute atomic E-state index is 10.8. The van der Waals surface area contributed by atoms with Crippen LogP contribution in [0.4, 0.5) is 17.3 Å². The first-order valence-corrected chi connectivity index (χ1v) is 5.46. The molecule has 8 heteroatoms. The second-order valence-electron chi connectivity index (χ2n) is 4.21. The van der Waals surface area contributed by atoms with Crippen molar-refractivity contribution in [2.75, 3.05) is 5.32 Å². The Bertz CT molecular complexity index is 571. The summed E-state index contributed by atoms with van der Waals surface area (Å²) in [5.41, 5.74) is 0.690. The molecule has 0 radical (unpaired) electrons. The molecule has 8 nitrogen and oxygen atoms in total. The van der Waals surface area contributed by atoms with Crippen molar-refractivity contribution in [3.63, 3.8) is 0 Å². The van der Waals surface area contributed by atoms with Gasteiger partial charge in [-0.3, -0.25) is 9.25 Å². The molecule has 0 aliphatic rings. The fourth-order valence-corrected chi connectivity index (χ4v) is 1.52. The first-order chi connectivity index (χ1) is 8.49. The molecule has 0 aliphatic heterocycles. The van der Waals surface area contributed by atoms with Gasteiger partial charge in [0, 0.05) is 19.3 Å². The quantitative estimate of drug-likeness (QED) is 0.660. The third kappa shape index (κ3) is 2.17. The summed E-state index contributed by atoms with van der Waals surface area (Å²) in [4.78, 5) is 14.0. The van der Waals surface area contributed by atoms with Gasteiger partial charge in [-0.15, -0.1) is 0 Å². The third-order valence-electron chi connectivity index (χ3n) is 2.48. The number of aryl methyl sites for hydroxylation is 1. The Balaban J connectivity index is 2.28. The number of rotatable bonds is 4. The molecule has 0 amide bonds. The molecule has 0 atom stereocenters. The Morgan fingerprint density at radius 1 is 1.50 bits per heavy atom. The number of anilines is 2. The van der Waals surface area contributed by atoms with E-state index in [0.717, 1.165) is 0 Å². The number of hydrogen-bond acceptors (Lipinski definition) is 5. The van der Waals surface area contributed by atoms with E-state index in [1.165, 1.54) is 6.33 Å². The highest BCUT2D eigenvalue weighted by molar-refractivity contribution is 5.62. The lowest BCUT2D eigenvalue weighted by Gasteiger charge is -2.04. The zero-order valence-corrected chi connectivity index (χ0v) is 10.4. The van der Waals surface area contributed by atoms with E-state index >= 15 is 0 Å². The van der Waals surface area contributed by atoms with E-state index in [-0.39, 0.29) is 11.9 Å². The van der Waals surface area contributed by atoms with Crippen molar-refractivity contribution in [3.8, 4) is 0 Å². The molecule has 0 aromatic carbocycles. The molecule has 96 valence electrons. The predicted octanol–water partition coefficient (Wildman–Crippen LogP) is 1.85. The lowest BCUT2D eigenvalue weighted by molar-refractivity contribution is -0.388. The first-order valence-electron chi connectivity index (χ1n) is 5.46. The van der Waals surface area contributed by atoms with Crippen LogP contribution < -0.4 is 5.32 Å². The summed E-state index contributed by atoms with van der Waals surface area (Å²) in [5.74, 6) is 0.137. The van der Waals surface area contributed by atoms with Crippen molar-refractivity contribution in [1.29, 1.82) is 0 Å². The first kappa shape index (κ1) is 12.1. The summed E-state index contributed by atoms with van der Waals surface area (Å²) >= 11 is 0. The van der Waals surface area contributed by atoms with E-state index in [1.807, 2.05) is 13.8 Å². The summed E-state index contributed by atoms with van der Waals surface area (Å²) in [6, 6.07) is 0.238. The van der Waals surface area contributed by atoms with E-state index in [2.05, 4.69) is 15.4 Å². The smallest absolute Gasteiger partial charge is 0.358 e. The van der Waals surface area contributed by atoms with Crippen LogP contribution in [0, 0.1) is 10.1 Å². The molecule has 0 aliphatic carbocycles. The molecule has 0 fully saturated rings. The second-order valence-corrected chi connectivity index (χ2v) is 4.21. The molecule has 18 heavy (non-hydrogen) atoms. The van der Waals surface area contributed by atoms with Gasteiger partial charge < -0.3 is 15.4 Å². The molecule has 2 aromatic rings. The van der Waals surface area contributed by atoms with E-state index in [9.17, 15) is 10.1 Å². The summed E-state index contributed by atoms with van der Waals surface area (Å²) < 4.78 is 3.33. The number of nitro groups is 1. The van der Waals surface area contributed by atoms with Crippen molar-refractivity contribution in [3.05, 3.63) is 28.8 Å². The van der Waals surface area contributed by atoms with Gasteiger partial charge in [0.25, 0.3) is 0 Å². The predicted molar refractivity (Wildman–Crippen MR) is 65.8 cm³/mol. The van der Waals surface area contributed by atoms with Crippen molar-refractivity contribution < 1.29 is 4.92 Å². The summed E-state index contributed by atoms with van der Waals surface area (Å²) in [6.07, 6.45) is 4.81. The highest BCUT2D eigenvalue weighted by Crippen LogP contribution is 2.25. The van der Waals surface area contributed by atoms with Crippen LogP contribution >= 0.6 is 0 Å². The molecule has 2 rings (SSSR count). The maximum atomic E-state index is 10.8. The lowest BCUT2D eigenvalue weighted by Crippen LogP contribution is -2.01. The highest BCUT2D eigenvalue weighted by Gasteiger charge is 2.20. The number of imidazole rings is 1. The molecule has 0 bridgehead atoms. The van der Waals surface area contributed by atoms with E-state index in [4.69, 9.17) is 0 Å². The van der Waals surface area contributed by atoms with Gasteiger partial charge in [-0.1, -0.05) is 0 Å². The summed E-state index contributed by atoms with van der Waals surface area (Å²) in [7, 11) is 1.69. The fraction of sp³-hybridized carbons (Fsp3) is 0.400. The standard InChI is InChI=1S/C10H14N6O2/c1-7(2)15-5-8(4-12-15)13-10-9(16(17)18)11-6-14(10)3/h4-7,13H,1-3H3. The van der Waals surface area contributed by atoms with E-state index in [1.54, 1.807) is 28.7 Å². The van der Waals surface area contributed by atoms with Crippen LogP contribution in [0.5, 0.6) is 0 Å². The average Bonchev–Trinajstić information content (AvgIpc) is 2.88. The minimum absolute atomic E-state index is 0.199. The van der Waals surface area contributed by atoms with Crippen molar-refractivity contribution in [1.82, 2.24) is 19.3 Å². The van der Waals surface area contributed by atoms with Crippen LogP contribution in [0.25, 0.3) is 0 Å². The molecular formula is C10H14N6O2. The minimum Gasteiger partial charge on any atom is -0.358 e. The molecule has 2 heterocycles. The molecule has 2 aromatic heterocycles. The molecule has 0 saturated heterocycles. The SMILES string of the molecule is CC(C)n1cc(Nc2c([N+](=O)[O-])ncn2C)cn1. The van der Waals surface area contributed by atoms with Gasteiger partial charge in [-0.05, 0) is 23.8 Å². The highest BCUT2D eigenvalue weighted by atomic mass is 16.6. The van der Waals surface area contributed by atoms with Crippen LogP contribution in [-0.2, 0) is 7.05 Å². The molecule has 1 N–H and O–H groups in total. The normalized spacial score (nSPS) is 10.9. The van der Waals surface area contributed by atoms with Crippen molar-refractivity contribution in [2.45, 2.75) is 19.9 Å². The van der Waals surface area contributed by atoms with Gasteiger partial charge in [0.1, 0.15) is 0 Å². The molecule has 0 saturated carbocycles. The Morgan fingerprint density at radius 2 is 2.22 bits per heavy atom. The average molecular weight is 250 g/mol. The van der Waals surface area contributed by atoms with Gasteiger partial charge in [-0.25, -0.2) is 0 Å². The largest absolute Gasteiger partial charge is 0.406 e. The van der Waals surface area contributed by atoms with Crippen molar-refractivity contribution in [2.24, 2.45) is 7.05 Å². The van der Waals surface area contributed by atoms with Gasteiger partial charge in [0.15, 0.2) is 0 Å². The van der Waals surface area contributed by atoms with E-state index < -0.39 is 4.92 Å². The molecule has 0 spiro atoms. The monoisotopic (exact) mass is 250 g/mol. The Morgan fingerprint density at radius 3 is 2.78 bits per heavy atom. The van der Waals surface area contributed by atoms with Crippen LogP contribution in [-0.4, -0.2) is 24.3 Å².